The lowest BCUT2D eigenvalue weighted by atomic mass is 10.0. The summed E-state index contributed by atoms with van der Waals surface area (Å²) in [7, 11) is 0. The van der Waals surface area contributed by atoms with E-state index in [-0.39, 0.29) is 11.9 Å². The number of hydrogen-bond donors (Lipinski definition) is 0. The van der Waals surface area contributed by atoms with Crippen molar-refractivity contribution in [1.82, 2.24) is 9.55 Å². The SMILES string of the molecule is N#Cc1ccc(C2CCc3cncn32)c(F)c1. The highest BCUT2D eigenvalue weighted by atomic mass is 19.1. The van der Waals surface area contributed by atoms with Crippen LogP contribution < -0.4 is 0 Å². The number of aryl methyl sites for hydroxylation is 1. The molecule has 3 rings (SSSR count). The Hall–Kier alpha value is -2.15. The number of halogens is 1. The summed E-state index contributed by atoms with van der Waals surface area (Å²) in [6.07, 6.45) is 5.37. The molecule has 0 N–H and O–H groups in total. The number of hydrogen-bond acceptors (Lipinski definition) is 2. The van der Waals surface area contributed by atoms with Crippen LogP contribution in [0.3, 0.4) is 0 Å². The Labute approximate surface area is 98.1 Å². The molecule has 0 spiro atoms. The zero-order valence-corrected chi connectivity index (χ0v) is 9.10. The molecule has 0 fully saturated rings. The van der Waals surface area contributed by atoms with Crippen LogP contribution in [0.25, 0.3) is 0 Å². The summed E-state index contributed by atoms with van der Waals surface area (Å²) in [5.41, 5.74) is 2.13. The molecule has 84 valence electrons. The molecule has 1 unspecified atom stereocenters. The van der Waals surface area contributed by atoms with E-state index in [1.165, 1.54) is 6.07 Å². The maximum absolute atomic E-state index is 13.9. The highest BCUT2D eigenvalue weighted by Crippen LogP contribution is 2.32. The van der Waals surface area contributed by atoms with Gasteiger partial charge in [0.1, 0.15) is 5.82 Å². The number of nitrogens with zero attached hydrogens (tertiary/aromatic N) is 3. The fraction of sp³-hybridized carbons (Fsp3) is 0.231. The Morgan fingerprint density at radius 1 is 1.47 bits per heavy atom. The van der Waals surface area contributed by atoms with Crippen molar-refractivity contribution in [1.29, 1.82) is 5.26 Å². The van der Waals surface area contributed by atoms with Gasteiger partial charge in [0.25, 0.3) is 0 Å². The lowest BCUT2D eigenvalue weighted by Crippen LogP contribution is -2.06. The van der Waals surface area contributed by atoms with Gasteiger partial charge in [0.2, 0.25) is 0 Å². The van der Waals surface area contributed by atoms with E-state index in [9.17, 15) is 4.39 Å². The van der Waals surface area contributed by atoms with Crippen LogP contribution in [0.4, 0.5) is 4.39 Å². The van der Waals surface area contributed by atoms with Gasteiger partial charge in [-0.05, 0) is 25.0 Å². The summed E-state index contributed by atoms with van der Waals surface area (Å²) >= 11 is 0. The predicted molar refractivity (Wildman–Crippen MR) is 59.8 cm³/mol. The molecule has 4 heteroatoms. The molecule has 1 atom stereocenters. The number of aromatic nitrogens is 2. The zero-order valence-electron chi connectivity index (χ0n) is 9.10. The fourth-order valence-electron chi connectivity index (χ4n) is 2.40. The van der Waals surface area contributed by atoms with Crippen molar-refractivity contribution in [2.45, 2.75) is 18.9 Å². The number of rotatable bonds is 1. The molecule has 1 aromatic carbocycles. The van der Waals surface area contributed by atoms with Gasteiger partial charge in [-0.3, -0.25) is 0 Å². The van der Waals surface area contributed by atoms with Crippen molar-refractivity contribution in [2.75, 3.05) is 0 Å². The molecular weight excluding hydrogens is 217 g/mol. The number of nitriles is 1. The summed E-state index contributed by atoms with van der Waals surface area (Å²) in [6, 6.07) is 6.61. The minimum absolute atomic E-state index is 0.0141. The van der Waals surface area contributed by atoms with Gasteiger partial charge in [-0.2, -0.15) is 5.26 Å². The smallest absolute Gasteiger partial charge is 0.129 e. The van der Waals surface area contributed by atoms with Gasteiger partial charge < -0.3 is 4.57 Å². The molecule has 1 aliphatic rings. The topological polar surface area (TPSA) is 41.6 Å². The molecule has 17 heavy (non-hydrogen) atoms. The Morgan fingerprint density at radius 2 is 2.35 bits per heavy atom. The molecule has 0 bridgehead atoms. The van der Waals surface area contributed by atoms with Crippen LogP contribution >= 0.6 is 0 Å². The molecule has 3 nitrogen and oxygen atoms in total. The van der Waals surface area contributed by atoms with E-state index in [4.69, 9.17) is 5.26 Å². The van der Waals surface area contributed by atoms with Crippen LogP contribution in [0.5, 0.6) is 0 Å². The van der Waals surface area contributed by atoms with Crippen LogP contribution in [0, 0.1) is 17.1 Å². The van der Waals surface area contributed by atoms with Gasteiger partial charge >= 0.3 is 0 Å². The lowest BCUT2D eigenvalue weighted by Gasteiger charge is -2.14. The van der Waals surface area contributed by atoms with E-state index in [0.29, 0.717) is 11.1 Å². The molecule has 1 aliphatic heterocycles. The standard InChI is InChI=1S/C13H10FN3/c14-12-5-9(6-15)1-3-11(12)13-4-2-10-7-16-8-17(10)13/h1,3,5,7-8,13H,2,4H2. The first-order valence-electron chi connectivity index (χ1n) is 5.50. The van der Waals surface area contributed by atoms with Crippen molar-refractivity contribution < 1.29 is 4.39 Å². The van der Waals surface area contributed by atoms with Gasteiger partial charge in [-0.25, -0.2) is 9.37 Å². The van der Waals surface area contributed by atoms with Gasteiger partial charge in [0.15, 0.2) is 0 Å². The van der Waals surface area contributed by atoms with Crippen molar-refractivity contribution in [3.05, 3.63) is 53.4 Å². The summed E-state index contributed by atoms with van der Waals surface area (Å²) in [6.45, 7) is 0. The highest BCUT2D eigenvalue weighted by Gasteiger charge is 2.25. The van der Waals surface area contributed by atoms with Gasteiger partial charge in [-0.1, -0.05) is 6.07 Å². The van der Waals surface area contributed by atoms with Gasteiger partial charge in [-0.15, -0.1) is 0 Å². The quantitative estimate of drug-likeness (QED) is 0.750. The lowest BCUT2D eigenvalue weighted by molar-refractivity contribution is 0.545. The van der Waals surface area contributed by atoms with E-state index in [1.807, 2.05) is 16.8 Å². The van der Waals surface area contributed by atoms with Gasteiger partial charge in [0, 0.05) is 17.5 Å². The first-order chi connectivity index (χ1) is 8.29. The minimum atomic E-state index is -0.310. The summed E-state index contributed by atoms with van der Waals surface area (Å²) in [5, 5.41) is 8.71. The van der Waals surface area contributed by atoms with Crippen LogP contribution in [0.15, 0.2) is 30.7 Å². The maximum atomic E-state index is 13.9. The molecule has 0 amide bonds. The van der Waals surface area contributed by atoms with Crippen LogP contribution in [-0.4, -0.2) is 9.55 Å². The first kappa shape index (κ1) is 10.0. The Kier molecular flexibility index (Phi) is 2.19. The molecule has 0 saturated carbocycles. The van der Waals surface area contributed by atoms with E-state index in [1.54, 1.807) is 18.5 Å². The summed E-state index contributed by atoms with van der Waals surface area (Å²) < 4.78 is 15.9. The summed E-state index contributed by atoms with van der Waals surface area (Å²) in [5.74, 6) is -0.310. The average Bonchev–Trinajstić information content (AvgIpc) is 2.91. The minimum Gasteiger partial charge on any atom is -0.327 e. The third-order valence-corrected chi connectivity index (χ3v) is 3.24. The molecule has 0 aliphatic carbocycles. The molecule has 0 radical (unpaired) electrons. The molecule has 0 saturated heterocycles. The van der Waals surface area contributed by atoms with Crippen molar-refractivity contribution in [3.63, 3.8) is 0 Å². The second-order valence-corrected chi connectivity index (χ2v) is 4.19. The first-order valence-corrected chi connectivity index (χ1v) is 5.50. The van der Waals surface area contributed by atoms with Crippen molar-refractivity contribution in [2.24, 2.45) is 0 Å². The fourth-order valence-corrected chi connectivity index (χ4v) is 2.40. The predicted octanol–water partition coefficient (Wildman–Crippen LogP) is 2.43. The van der Waals surface area contributed by atoms with Crippen molar-refractivity contribution >= 4 is 0 Å². The highest BCUT2D eigenvalue weighted by molar-refractivity contribution is 5.35. The van der Waals surface area contributed by atoms with Crippen molar-refractivity contribution in [3.8, 4) is 6.07 Å². The number of fused-ring (bicyclic) bond motifs is 1. The Morgan fingerprint density at radius 3 is 3.12 bits per heavy atom. The third kappa shape index (κ3) is 1.51. The number of imidazole rings is 1. The van der Waals surface area contributed by atoms with E-state index >= 15 is 0 Å². The monoisotopic (exact) mass is 227 g/mol. The Balaban J connectivity index is 2.05. The zero-order chi connectivity index (χ0) is 11.8. The average molecular weight is 227 g/mol. The van der Waals surface area contributed by atoms with Crippen LogP contribution in [0.2, 0.25) is 0 Å². The largest absolute Gasteiger partial charge is 0.327 e. The van der Waals surface area contributed by atoms with Crippen LogP contribution in [-0.2, 0) is 6.42 Å². The molecule has 1 aromatic heterocycles. The van der Waals surface area contributed by atoms with E-state index in [2.05, 4.69) is 4.98 Å². The maximum Gasteiger partial charge on any atom is 0.129 e. The molecule has 2 heterocycles. The second-order valence-electron chi connectivity index (χ2n) is 4.19. The summed E-state index contributed by atoms with van der Waals surface area (Å²) in [4.78, 5) is 4.07. The van der Waals surface area contributed by atoms with E-state index in [0.717, 1.165) is 18.5 Å². The molecule has 2 aromatic rings. The van der Waals surface area contributed by atoms with Crippen LogP contribution in [0.1, 0.15) is 29.3 Å². The molecular formula is C13H10FN3. The van der Waals surface area contributed by atoms with E-state index < -0.39 is 0 Å². The van der Waals surface area contributed by atoms with Gasteiger partial charge in [0.05, 0.1) is 24.0 Å². The number of benzene rings is 1. The normalized spacial score (nSPS) is 17.8. The second kappa shape index (κ2) is 3.70. The third-order valence-electron chi connectivity index (χ3n) is 3.24. The Bertz CT molecular complexity index is 609.